The minimum Gasteiger partial charge on any atom is -0.392 e. The number of unbranched alkanes of at least 4 members (excludes halogenated alkanes) is 1. The van der Waals surface area contributed by atoms with Gasteiger partial charge in [0, 0.05) is 5.92 Å². The third-order valence-electron chi connectivity index (χ3n) is 5.34. The average molecular weight is 290 g/mol. The SMILES string of the molecule is C=CC(O)(CC=C[C@@H]1[C@@H]2CC(=C)C[C@H]2C[C@H]1O)CCCC. The van der Waals surface area contributed by atoms with E-state index in [0.717, 1.165) is 38.5 Å². The van der Waals surface area contributed by atoms with Crippen LogP contribution in [-0.2, 0) is 0 Å². The largest absolute Gasteiger partial charge is 0.392 e. The van der Waals surface area contributed by atoms with Crippen LogP contribution in [0.4, 0.5) is 0 Å². The summed E-state index contributed by atoms with van der Waals surface area (Å²) in [6, 6.07) is 0. The molecule has 2 fully saturated rings. The Bertz CT molecular complexity index is 412. The standard InChI is InChI=1S/C19H30O2/c1-4-6-9-19(21,5-2)10-7-8-16-17-12-14(3)11-15(17)13-18(16)20/h5,7-8,15-18,20-21H,2-4,6,9-13H2,1H3/t15-,16+,17+,18+,19?/m0/s1. The molecule has 2 rings (SSSR count). The molecule has 2 saturated carbocycles. The molecule has 0 amide bonds. The molecule has 0 heterocycles. The summed E-state index contributed by atoms with van der Waals surface area (Å²) < 4.78 is 0. The lowest BCUT2D eigenvalue weighted by Gasteiger charge is -2.23. The summed E-state index contributed by atoms with van der Waals surface area (Å²) in [5.41, 5.74) is 0.537. The maximum absolute atomic E-state index is 10.5. The molecule has 2 heteroatoms. The smallest absolute Gasteiger partial charge is 0.0859 e. The summed E-state index contributed by atoms with van der Waals surface area (Å²) in [5, 5.41) is 20.7. The van der Waals surface area contributed by atoms with Gasteiger partial charge in [-0.25, -0.2) is 0 Å². The van der Waals surface area contributed by atoms with Gasteiger partial charge >= 0.3 is 0 Å². The van der Waals surface area contributed by atoms with Crippen LogP contribution in [0.25, 0.3) is 0 Å². The summed E-state index contributed by atoms with van der Waals surface area (Å²) >= 11 is 0. The van der Waals surface area contributed by atoms with Crippen molar-refractivity contribution in [2.75, 3.05) is 0 Å². The van der Waals surface area contributed by atoms with E-state index >= 15 is 0 Å². The van der Waals surface area contributed by atoms with Crippen molar-refractivity contribution in [3.05, 3.63) is 37.0 Å². The molecule has 0 aromatic rings. The molecule has 5 atom stereocenters. The van der Waals surface area contributed by atoms with Crippen molar-refractivity contribution in [3.63, 3.8) is 0 Å². The Labute approximate surface area is 129 Å². The second-order valence-corrected chi connectivity index (χ2v) is 7.01. The number of hydrogen-bond acceptors (Lipinski definition) is 2. The minimum atomic E-state index is -0.797. The van der Waals surface area contributed by atoms with Gasteiger partial charge in [-0.3, -0.25) is 0 Å². The van der Waals surface area contributed by atoms with E-state index in [1.54, 1.807) is 6.08 Å². The molecule has 0 aromatic heterocycles. The molecule has 0 bridgehead atoms. The molecular weight excluding hydrogens is 260 g/mol. The Morgan fingerprint density at radius 3 is 2.81 bits per heavy atom. The molecule has 0 aliphatic heterocycles. The van der Waals surface area contributed by atoms with Gasteiger partial charge in [0.25, 0.3) is 0 Å². The van der Waals surface area contributed by atoms with E-state index in [-0.39, 0.29) is 12.0 Å². The number of aliphatic hydroxyl groups is 2. The molecule has 21 heavy (non-hydrogen) atoms. The van der Waals surface area contributed by atoms with Crippen molar-refractivity contribution in [2.45, 2.75) is 63.6 Å². The van der Waals surface area contributed by atoms with Gasteiger partial charge in [-0.15, -0.1) is 6.58 Å². The predicted molar refractivity (Wildman–Crippen MR) is 87.9 cm³/mol. The average Bonchev–Trinajstić information content (AvgIpc) is 2.93. The Morgan fingerprint density at radius 1 is 1.38 bits per heavy atom. The van der Waals surface area contributed by atoms with E-state index in [4.69, 9.17) is 0 Å². The molecule has 2 N–H and O–H groups in total. The van der Waals surface area contributed by atoms with Crippen LogP contribution in [0, 0.1) is 17.8 Å². The third-order valence-corrected chi connectivity index (χ3v) is 5.34. The number of rotatable bonds is 7. The highest BCUT2D eigenvalue weighted by molar-refractivity contribution is 5.15. The molecule has 118 valence electrons. The molecule has 2 nitrogen and oxygen atoms in total. The Morgan fingerprint density at radius 2 is 2.14 bits per heavy atom. The molecule has 0 spiro atoms. The van der Waals surface area contributed by atoms with Crippen molar-refractivity contribution in [3.8, 4) is 0 Å². The van der Waals surface area contributed by atoms with E-state index in [9.17, 15) is 10.2 Å². The van der Waals surface area contributed by atoms with Crippen LogP contribution in [0.2, 0.25) is 0 Å². The van der Waals surface area contributed by atoms with Gasteiger partial charge < -0.3 is 10.2 Å². The fraction of sp³-hybridized carbons (Fsp3) is 0.684. The quantitative estimate of drug-likeness (QED) is 0.696. The van der Waals surface area contributed by atoms with E-state index in [1.165, 1.54) is 5.57 Å². The van der Waals surface area contributed by atoms with Crippen LogP contribution in [-0.4, -0.2) is 21.9 Å². The topological polar surface area (TPSA) is 40.5 Å². The van der Waals surface area contributed by atoms with E-state index in [1.807, 2.05) is 0 Å². The van der Waals surface area contributed by atoms with Crippen LogP contribution in [0.5, 0.6) is 0 Å². The second-order valence-electron chi connectivity index (χ2n) is 7.01. The van der Waals surface area contributed by atoms with E-state index in [2.05, 4.69) is 32.2 Å². The summed E-state index contributed by atoms with van der Waals surface area (Å²) in [6.07, 6.45) is 12.1. The van der Waals surface area contributed by atoms with Gasteiger partial charge in [0.1, 0.15) is 0 Å². The zero-order valence-corrected chi connectivity index (χ0v) is 13.3. The van der Waals surface area contributed by atoms with Crippen LogP contribution in [0.15, 0.2) is 37.0 Å². The van der Waals surface area contributed by atoms with Crippen molar-refractivity contribution >= 4 is 0 Å². The van der Waals surface area contributed by atoms with Gasteiger partial charge in [0.05, 0.1) is 11.7 Å². The van der Waals surface area contributed by atoms with Gasteiger partial charge in [0.15, 0.2) is 0 Å². The van der Waals surface area contributed by atoms with Crippen LogP contribution < -0.4 is 0 Å². The molecule has 0 radical (unpaired) electrons. The highest BCUT2D eigenvalue weighted by Gasteiger charge is 2.44. The fourth-order valence-corrected chi connectivity index (χ4v) is 4.04. The molecule has 1 unspecified atom stereocenters. The minimum absolute atomic E-state index is 0.225. The van der Waals surface area contributed by atoms with E-state index in [0.29, 0.717) is 18.3 Å². The number of aliphatic hydroxyl groups excluding tert-OH is 1. The summed E-state index contributed by atoms with van der Waals surface area (Å²) in [7, 11) is 0. The number of fused-ring (bicyclic) bond motifs is 1. The first-order chi connectivity index (χ1) is 9.99. The highest BCUT2D eigenvalue weighted by Crippen LogP contribution is 2.49. The third kappa shape index (κ3) is 3.87. The molecule has 2 aliphatic carbocycles. The predicted octanol–water partition coefficient (Wildman–Crippen LogP) is 4.00. The van der Waals surface area contributed by atoms with Crippen LogP contribution >= 0.6 is 0 Å². The van der Waals surface area contributed by atoms with Gasteiger partial charge in [-0.2, -0.15) is 0 Å². The Hall–Kier alpha value is -0.860. The Kier molecular flexibility index (Phi) is 5.45. The zero-order chi connectivity index (χ0) is 15.5. The lowest BCUT2D eigenvalue weighted by atomic mass is 9.88. The molecule has 0 aromatic carbocycles. The first-order valence-electron chi connectivity index (χ1n) is 8.36. The van der Waals surface area contributed by atoms with Crippen LogP contribution in [0.3, 0.4) is 0 Å². The van der Waals surface area contributed by atoms with E-state index < -0.39 is 5.60 Å². The van der Waals surface area contributed by atoms with Crippen molar-refractivity contribution in [1.82, 2.24) is 0 Å². The first-order valence-corrected chi connectivity index (χ1v) is 8.36. The Balaban J connectivity index is 1.93. The molecule has 0 saturated heterocycles. The maximum atomic E-state index is 10.5. The first kappa shape index (κ1) is 16.5. The summed E-state index contributed by atoms with van der Waals surface area (Å²) in [6.45, 7) is 10.00. The lowest BCUT2D eigenvalue weighted by molar-refractivity contribution is 0.0819. The van der Waals surface area contributed by atoms with Gasteiger partial charge in [0.2, 0.25) is 0 Å². The van der Waals surface area contributed by atoms with Crippen molar-refractivity contribution in [1.29, 1.82) is 0 Å². The maximum Gasteiger partial charge on any atom is 0.0859 e. The second kappa shape index (κ2) is 6.93. The van der Waals surface area contributed by atoms with Crippen molar-refractivity contribution in [2.24, 2.45) is 17.8 Å². The highest BCUT2D eigenvalue weighted by atomic mass is 16.3. The van der Waals surface area contributed by atoms with Crippen LogP contribution in [0.1, 0.15) is 51.9 Å². The summed E-state index contributed by atoms with van der Waals surface area (Å²) in [5.74, 6) is 1.39. The van der Waals surface area contributed by atoms with Crippen molar-refractivity contribution < 1.29 is 10.2 Å². The molecule has 2 aliphatic rings. The van der Waals surface area contributed by atoms with Gasteiger partial charge in [-0.05, 0) is 43.9 Å². The van der Waals surface area contributed by atoms with Gasteiger partial charge in [-0.1, -0.05) is 50.1 Å². The zero-order valence-electron chi connectivity index (χ0n) is 13.3. The lowest BCUT2D eigenvalue weighted by Crippen LogP contribution is -2.24. The fourth-order valence-electron chi connectivity index (χ4n) is 4.04. The number of allylic oxidation sites excluding steroid dienone is 1. The normalized spacial score (nSPS) is 35.1. The monoisotopic (exact) mass is 290 g/mol. The molecular formula is C19H30O2. The summed E-state index contributed by atoms with van der Waals surface area (Å²) in [4.78, 5) is 0. The number of hydrogen-bond donors (Lipinski definition) is 2.